The number of nitrogens with zero attached hydrogens (tertiary/aromatic N) is 1. The van der Waals surface area contributed by atoms with Gasteiger partial charge >= 0.3 is 0 Å². The van der Waals surface area contributed by atoms with Gasteiger partial charge in [-0.25, -0.2) is 0 Å². The molecule has 0 aliphatic carbocycles. The SMILES string of the molecule is COc1cc(CN/C=C2\C(=O)N(C)C(=O)c3ccc(-c4ccccc4)cc32)cc(O)c1OC. The first-order valence-electron chi connectivity index (χ1n) is 10.3. The van der Waals surface area contributed by atoms with E-state index in [9.17, 15) is 14.7 Å². The van der Waals surface area contributed by atoms with Gasteiger partial charge in [0.1, 0.15) is 0 Å². The third-order valence-electron chi connectivity index (χ3n) is 5.56. The van der Waals surface area contributed by atoms with Gasteiger partial charge in [0.2, 0.25) is 5.75 Å². The minimum atomic E-state index is -0.389. The van der Waals surface area contributed by atoms with Gasteiger partial charge in [-0.05, 0) is 41.0 Å². The van der Waals surface area contributed by atoms with Crippen LogP contribution < -0.4 is 14.8 Å². The molecule has 3 aromatic carbocycles. The Bertz CT molecular complexity index is 1250. The number of likely N-dealkylation sites (N-methyl/N-ethyl adjacent to an activating group) is 1. The van der Waals surface area contributed by atoms with E-state index in [1.807, 2.05) is 42.5 Å². The maximum atomic E-state index is 12.9. The van der Waals surface area contributed by atoms with Crippen molar-refractivity contribution in [3.8, 4) is 28.4 Å². The molecule has 168 valence electrons. The first-order valence-corrected chi connectivity index (χ1v) is 10.3. The van der Waals surface area contributed by atoms with Crippen LogP contribution in [-0.2, 0) is 11.3 Å². The highest BCUT2D eigenvalue weighted by atomic mass is 16.5. The zero-order valence-corrected chi connectivity index (χ0v) is 18.6. The number of hydrogen-bond donors (Lipinski definition) is 2. The van der Waals surface area contributed by atoms with E-state index in [1.54, 1.807) is 24.4 Å². The molecule has 2 amide bonds. The smallest absolute Gasteiger partial charge is 0.262 e. The van der Waals surface area contributed by atoms with Gasteiger partial charge in [0.15, 0.2) is 11.5 Å². The molecule has 3 aromatic rings. The van der Waals surface area contributed by atoms with Crippen LogP contribution in [0.25, 0.3) is 16.7 Å². The van der Waals surface area contributed by atoms with Crippen LogP contribution >= 0.6 is 0 Å². The van der Waals surface area contributed by atoms with Crippen molar-refractivity contribution in [2.24, 2.45) is 0 Å². The molecule has 0 saturated heterocycles. The molecule has 1 aliphatic rings. The van der Waals surface area contributed by atoms with Crippen LogP contribution in [0.5, 0.6) is 17.2 Å². The lowest BCUT2D eigenvalue weighted by Crippen LogP contribution is -2.39. The van der Waals surface area contributed by atoms with Crippen molar-refractivity contribution >= 4 is 17.4 Å². The second kappa shape index (κ2) is 9.08. The molecule has 0 spiro atoms. The third kappa shape index (κ3) is 4.13. The highest BCUT2D eigenvalue weighted by Gasteiger charge is 2.32. The minimum absolute atomic E-state index is 0.0433. The molecule has 1 aliphatic heterocycles. The Morgan fingerprint density at radius 3 is 2.36 bits per heavy atom. The topological polar surface area (TPSA) is 88.1 Å². The second-order valence-electron chi connectivity index (χ2n) is 7.59. The Morgan fingerprint density at radius 2 is 1.67 bits per heavy atom. The molecular weight excluding hydrogens is 420 g/mol. The number of imide groups is 1. The van der Waals surface area contributed by atoms with E-state index in [-0.39, 0.29) is 23.3 Å². The highest BCUT2D eigenvalue weighted by Crippen LogP contribution is 2.37. The summed E-state index contributed by atoms with van der Waals surface area (Å²) >= 11 is 0. The molecule has 1 heterocycles. The Kier molecular flexibility index (Phi) is 6.04. The summed E-state index contributed by atoms with van der Waals surface area (Å²) in [6.07, 6.45) is 1.60. The van der Waals surface area contributed by atoms with Crippen LogP contribution in [0.4, 0.5) is 0 Å². The number of fused-ring (bicyclic) bond motifs is 1. The van der Waals surface area contributed by atoms with Gasteiger partial charge in [-0.1, -0.05) is 36.4 Å². The quantitative estimate of drug-likeness (QED) is 0.444. The number of carbonyl (C=O) groups is 2. The number of aromatic hydroxyl groups is 1. The van der Waals surface area contributed by atoms with Crippen LogP contribution in [0.15, 0.2) is 66.9 Å². The number of phenolic OH excluding ortho intramolecular Hbond substituents is 1. The summed E-state index contributed by atoms with van der Waals surface area (Å²) in [5.41, 5.74) is 4.06. The summed E-state index contributed by atoms with van der Waals surface area (Å²) in [7, 11) is 4.41. The van der Waals surface area contributed by atoms with Crippen LogP contribution in [0.2, 0.25) is 0 Å². The number of amides is 2. The predicted molar refractivity (Wildman–Crippen MR) is 125 cm³/mol. The van der Waals surface area contributed by atoms with Crippen molar-refractivity contribution in [1.29, 1.82) is 0 Å². The molecule has 7 nitrogen and oxygen atoms in total. The van der Waals surface area contributed by atoms with E-state index >= 15 is 0 Å². The summed E-state index contributed by atoms with van der Waals surface area (Å²) < 4.78 is 10.4. The minimum Gasteiger partial charge on any atom is -0.504 e. The number of rotatable bonds is 6. The number of methoxy groups -OCH3 is 2. The third-order valence-corrected chi connectivity index (χ3v) is 5.56. The molecule has 0 atom stereocenters. The average molecular weight is 444 g/mol. The second-order valence-corrected chi connectivity index (χ2v) is 7.59. The van der Waals surface area contributed by atoms with Gasteiger partial charge in [0.25, 0.3) is 11.8 Å². The molecule has 7 heteroatoms. The van der Waals surface area contributed by atoms with E-state index in [0.29, 0.717) is 29.0 Å². The van der Waals surface area contributed by atoms with Crippen LogP contribution in [-0.4, -0.2) is 43.1 Å². The maximum Gasteiger partial charge on any atom is 0.262 e. The van der Waals surface area contributed by atoms with Gasteiger partial charge in [-0.15, -0.1) is 0 Å². The largest absolute Gasteiger partial charge is 0.504 e. The monoisotopic (exact) mass is 444 g/mol. The number of phenols is 1. The number of ether oxygens (including phenoxy) is 2. The summed E-state index contributed by atoms with van der Waals surface area (Å²) in [6, 6.07) is 18.6. The first kappa shape index (κ1) is 22.0. The van der Waals surface area contributed by atoms with Crippen molar-refractivity contribution in [1.82, 2.24) is 10.2 Å². The molecule has 0 aromatic heterocycles. The molecule has 0 bridgehead atoms. The first-order chi connectivity index (χ1) is 15.9. The molecule has 33 heavy (non-hydrogen) atoms. The van der Waals surface area contributed by atoms with Crippen molar-refractivity contribution in [2.45, 2.75) is 6.54 Å². The van der Waals surface area contributed by atoms with E-state index < -0.39 is 0 Å². The van der Waals surface area contributed by atoms with E-state index in [4.69, 9.17) is 9.47 Å². The van der Waals surface area contributed by atoms with Gasteiger partial charge in [0, 0.05) is 30.9 Å². The molecule has 4 rings (SSSR count). The standard InChI is InChI=1S/C26H24N2O5/c1-28-25(30)19-10-9-18(17-7-5-4-6-8-17)13-20(19)21(26(28)31)15-27-14-16-11-22(29)24(33-3)23(12-16)32-2/h4-13,15,27,29H,14H2,1-3H3/b21-15-. The van der Waals surface area contributed by atoms with Crippen LogP contribution in [0.1, 0.15) is 21.5 Å². The lowest BCUT2D eigenvalue weighted by molar-refractivity contribution is -0.121. The van der Waals surface area contributed by atoms with Crippen molar-refractivity contribution in [3.05, 3.63) is 83.6 Å². The fraction of sp³-hybridized carbons (Fsp3) is 0.154. The lowest BCUT2D eigenvalue weighted by Gasteiger charge is -2.26. The zero-order chi connectivity index (χ0) is 23.5. The molecular formula is C26H24N2O5. The van der Waals surface area contributed by atoms with Gasteiger partial charge in [-0.3, -0.25) is 14.5 Å². The normalized spacial score (nSPS) is 14.3. The van der Waals surface area contributed by atoms with Crippen molar-refractivity contribution in [3.63, 3.8) is 0 Å². The highest BCUT2D eigenvalue weighted by molar-refractivity contribution is 6.30. The Morgan fingerprint density at radius 1 is 0.909 bits per heavy atom. The number of nitrogens with one attached hydrogen (secondary N) is 1. The average Bonchev–Trinajstić information content (AvgIpc) is 2.84. The summed E-state index contributed by atoms with van der Waals surface area (Å²) in [5, 5.41) is 13.3. The van der Waals surface area contributed by atoms with Crippen molar-refractivity contribution in [2.75, 3.05) is 21.3 Å². The Hall–Kier alpha value is -4.26. The van der Waals surface area contributed by atoms with E-state index in [2.05, 4.69) is 5.32 Å². The fourth-order valence-electron chi connectivity index (χ4n) is 3.84. The number of carbonyl (C=O) groups excluding carboxylic acids is 2. The van der Waals surface area contributed by atoms with E-state index in [1.165, 1.54) is 21.3 Å². The molecule has 0 fully saturated rings. The zero-order valence-electron chi connectivity index (χ0n) is 18.6. The molecule has 2 N–H and O–H groups in total. The molecule has 0 radical (unpaired) electrons. The van der Waals surface area contributed by atoms with E-state index in [0.717, 1.165) is 21.6 Å². The van der Waals surface area contributed by atoms with Gasteiger partial charge in [-0.2, -0.15) is 0 Å². The van der Waals surface area contributed by atoms with Gasteiger partial charge < -0.3 is 19.9 Å². The number of hydrogen-bond acceptors (Lipinski definition) is 6. The van der Waals surface area contributed by atoms with Crippen LogP contribution in [0.3, 0.4) is 0 Å². The fourth-order valence-corrected chi connectivity index (χ4v) is 3.84. The van der Waals surface area contributed by atoms with Crippen LogP contribution in [0, 0.1) is 0 Å². The van der Waals surface area contributed by atoms with Crippen molar-refractivity contribution < 1.29 is 24.2 Å². The van der Waals surface area contributed by atoms with Gasteiger partial charge in [0.05, 0.1) is 19.8 Å². The Balaban J connectivity index is 1.68. The summed E-state index contributed by atoms with van der Waals surface area (Å²) in [4.78, 5) is 26.7. The maximum absolute atomic E-state index is 12.9. The summed E-state index contributed by atoms with van der Waals surface area (Å²) in [6.45, 7) is 0.316. The molecule has 0 saturated carbocycles. The predicted octanol–water partition coefficient (Wildman–Crippen LogP) is 3.82. The Labute approximate surface area is 191 Å². The molecule has 0 unspecified atom stereocenters. The number of benzene rings is 3. The lowest BCUT2D eigenvalue weighted by atomic mass is 9.91. The summed E-state index contributed by atoms with van der Waals surface area (Å²) in [5.74, 6) is -0.112.